The fraction of sp³-hybridized carbons (Fsp3) is 0.714. The van der Waals surface area contributed by atoms with Crippen molar-refractivity contribution < 1.29 is 33.4 Å². The van der Waals surface area contributed by atoms with Gasteiger partial charge in [0.1, 0.15) is 11.9 Å². The van der Waals surface area contributed by atoms with E-state index in [4.69, 9.17) is 14.6 Å². The van der Waals surface area contributed by atoms with Crippen LogP contribution in [0, 0.1) is 62.5 Å². The van der Waals surface area contributed by atoms with Crippen molar-refractivity contribution in [3.8, 4) is 0 Å². The zero-order valence-electron chi connectivity index (χ0n) is 31.8. The minimum atomic E-state index is -0.826. The molecule has 8 atom stereocenters. The second-order valence-electron chi connectivity index (χ2n) is 18.8. The van der Waals surface area contributed by atoms with Gasteiger partial charge in [-0.15, -0.1) is 0 Å². The van der Waals surface area contributed by atoms with Crippen molar-refractivity contribution in [2.45, 2.75) is 133 Å². The summed E-state index contributed by atoms with van der Waals surface area (Å²) < 4.78 is 19.9. The Labute approximate surface area is 298 Å². The van der Waals surface area contributed by atoms with Gasteiger partial charge in [0.15, 0.2) is 5.78 Å². The van der Waals surface area contributed by atoms with Crippen LogP contribution in [-0.4, -0.2) is 35.3 Å². The predicted molar refractivity (Wildman–Crippen MR) is 192 cm³/mol. The highest BCUT2D eigenvalue weighted by Crippen LogP contribution is 2.73. The Kier molecular flexibility index (Phi) is 10.3. The van der Waals surface area contributed by atoms with Gasteiger partial charge in [-0.25, -0.2) is 4.39 Å². The van der Waals surface area contributed by atoms with Gasteiger partial charge < -0.3 is 15.2 Å². The van der Waals surface area contributed by atoms with E-state index >= 15 is 0 Å². The Morgan fingerprint density at radius 2 is 1.58 bits per heavy atom. The van der Waals surface area contributed by atoms with Crippen molar-refractivity contribution in [3.05, 3.63) is 41.2 Å². The normalized spacial score (nSPS) is 35.8. The van der Waals surface area contributed by atoms with Gasteiger partial charge in [-0.05, 0) is 133 Å². The number of fused-ring (bicyclic) bond motifs is 7. The molecule has 4 fully saturated rings. The first-order valence-corrected chi connectivity index (χ1v) is 18.9. The summed E-state index contributed by atoms with van der Waals surface area (Å²) >= 11 is 0. The second kappa shape index (κ2) is 13.5. The molecule has 0 aromatic heterocycles. The van der Waals surface area contributed by atoms with E-state index in [1.165, 1.54) is 12.1 Å². The summed E-state index contributed by atoms with van der Waals surface area (Å²) in [4.78, 5) is 49.4. The second-order valence-corrected chi connectivity index (χ2v) is 18.8. The number of carbonyl (C=O) groups is 4. The summed E-state index contributed by atoms with van der Waals surface area (Å²) in [6.07, 6.45) is 8.53. The molecule has 5 aliphatic rings. The number of hydrogen-bond acceptors (Lipinski definition) is 5. The molecule has 50 heavy (non-hydrogen) atoms. The standard InChI is InChI=1S/C41H58FNO4.CH2O2/c1-24(2)34-29(44)22-41(36(46)43-26-12-10-25(42)11-13-26)21-16-28-27(35(34)41)14-15-31-39(28,8)19-17-30-38(6,7)32(18-20-40(30,31)9)47-33(45)23-37(3,4)5;2-1-3/h10-13,24,27-28,30-32H,14-23H2,1-9H3,(H,43,46);1H,(H,2,3)/t27?,28?,30?,31?,32-,39-,40-,41?;/m0./s1. The topological polar surface area (TPSA) is 110 Å². The third-order valence-electron chi connectivity index (χ3n) is 14.0. The fourth-order valence-corrected chi connectivity index (χ4v) is 12.2. The lowest BCUT2D eigenvalue weighted by molar-refractivity contribution is -0.213. The molecule has 1 amide bonds. The van der Waals surface area contributed by atoms with Gasteiger partial charge in [0.25, 0.3) is 6.47 Å². The molecule has 0 spiro atoms. The number of carbonyl (C=O) groups excluding carboxylic acids is 3. The molecule has 4 saturated carbocycles. The minimum absolute atomic E-state index is 0.0608. The Bertz CT molecular complexity index is 1520. The summed E-state index contributed by atoms with van der Waals surface area (Å²) in [6, 6.07) is 5.94. The number of amides is 1. The molecule has 0 radical (unpaired) electrons. The lowest BCUT2D eigenvalue weighted by Crippen LogP contribution is -2.63. The highest BCUT2D eigenvalue weighted by atomic mass is 19.1. The quantitative estimate of drug-likeness (QED) is 0.235. The molecular formula is C42H60FNO6. The van der Waals surface area contributed by atoms with Crippen molar-refractivity contribution >= 4 is 29.8 Å². The monoisotopic (exact) mass is 693 g/mol. The first kappa shape index (κ1) is 38.2. The number of carboxylic acid groups (broad SMARTS) is 1. The number of Topliss-reactive ketones (excluding diaryl/α,β-unsaturated/α-hetero) is 1. The summed E-state index contributed by atoms with van der Waals surface area (Å²) in [5, 5.41) is 9.99. The molecule has 276 valence electrons. The molecule has 2 N–H and O–H groups in total. The fourth-order valence-electron chi connectivity index (χ4n) is 12.2. The van der Waals surface area contributed by atoms with E-state index in [1.54, 1.807) is 12.1 Å². The van der Waals surface area contributed by atoms with E-state index in [0.717, 1.165) is 56.1 Å². The first-order valence-electron chi connectivity index (χ1n) is 18.9. The largest absolute Gasteiger partial charge is 0.483 e. The minimum Gasteiger partial charge on any atom is -0.483 e. The van der Waals surface area contributed by atoms with Crippen LogP contribution in [0.25, 0.3) is 0 Å². The lowest BCUT2D eigenvalue weighted by atomic mass is 9.36. The zero-order valence-corrected chi connectivity index (χ0v) is 31.8. The van der Waals surface area contributed by atoms with Crippen LogP contribution in [0.4, 0.5) is 10.1 Å². The number of ether oxygens (including phenoxy) is 1. The Morgan fingerprint density at radius 3 is 2.18 bits per heavy atom. The van der Waals surface area contributed by atoms with E-state index in [1.807, 2.05) is 0 Å². The maximum absolute atomic E-state index is 14.3. The summed E-state index contributed by atoms with van der Waals surface area (Å²) in [5.74, 6) is 1.32. The van der Waals surface area contributed by atoms with Crippen molar-refractivity contribution in [2.24, 2.45) is 56.7 Å². The molecule has 1 aromatic carbocycles. The van der Waals surface area contributed by atoms with Gasteiger partial charge in [-0.1, -0.05) is 62.3 Å². The van der Waals surface area contributed by atoms with Crippen molar-refractivity contribution in [3.63, 3.8) is 0 Å². The predicted octanol–water partition coefficient (Wildman–Crippen LogP) is 9.40. The molecule has 5 aliphatic carbocycles. The zero-order chi connectivity index (χ0) is 37.0. The molecular weight excluding hydrogens is 633 g/mol. The van der Waals surface area contributed by atoms with Crippen LogP contribution in [0.2, 0.25) is 0 Å². The molecule has 0 saturated heterocycles. The van der Waals surface area contributed by atoms with Crippen LogP contribution in [0.1, 0.15) is 127 Å². The first-order chi connectivity index (χ1) is 23.2. The SMILES string of the molecule is CC(C)C1=C2C3CCC4[C@@](C)(CCC5C(C)(C)[C@@H](OC(=O)CC(C)(C)C)CC[C@@]54C)C3CCC2(C(=O)Nc2ccc(F)cc2)CC1=O.O=CO. The van der Waals surface area contributed by atoms with E-state index < -0.39 is 5.41 Å². The van der Waals surface area contributed by atoms with Gasteiger partial charge in [0.05, 0.1) is 11.8 Å². The van der Waals surface area contributed by atoms with Gasteiger partial charge in [0.2, 0.25) is 5.91 Å². The number of anilines is 1. The van der Waals surface area contributed by atoms with Gasteiger partial charge in [-0.2, -0.15) is 0 Å². The highest BCUT2D eigenvalue weighted by molar-refractivity contribution is 6.09. The maximum Gasteiger partial charge on any atom is 0.306 e. The van der Waals surface area contributed by atoms with Crippen molar-refractivity contribution in [2.75, 3.05) is 5.32 Å². The highest BCUT2D eigenvalue weighted by Gasteiger charge is 2.67. The molecule has 1 aromatic rings. The maximum atomic E-state index is 14.3. The van der Waals surface area contributed by atoms with Crippen LogP contribution in [0.5, 0.6) is 0 Å². The third-order valence-corrected chi connectivity index (χ3v) is 14.0. The Morgan fingerprint density at radius 1 is 0.960 bits per heavy atom. The molecule has 7 nitrogen and oxygen atoms in total. The number of nitrogens with one attached hydrogen (secondary N) is 1. The summed E-state index contributed by atoms with van der Waals surface area (Å²) in [6.45, 7) is 20.0. The van der Waals surface area contributed by atoms with Crippen LogP contribution in [0.3, 0.4) is 0 Å². The van der Waals surface area contributed by atoms with E-state index in [2.05, 4.69) is 67.6 Å². The van der Waals surface area contributed by atoms with Gasteiger partial charge in [-0.3, -0.25) is 19.2 Å². The lowest BCUT2D eigenvalue weighted by Gasteiger charge is -2.68. The van der Waals surface area contributed by atoms with E-state index in [0.29, 0.717) is 36.3 Å². The summed E-state index contributed by atoms with van der Waals surface area (Å²) in [5.41, 5.74) is 1.83. The number of halogens is 1. The Hall–Kier alpha value is -3.03. The third kappa shape index (κ3) is 6.46. The summed E-state index contributed by atoms with van der Waals surface area (Å²) in [7, 11) is 0. The van der Waals surface area contributed by atoms with Gasteiger partial charge >= 0.3 is 5.97 Å². The number of hydrogen-bond donors (Lipinski definition) is 2. The van der Waals surface area contributed by atoms with Gasteiger partial charge in [0, 0.05) is 17.5 Å². The number of esters is 1. The van der Waals surface area contributed by atoms with Crippen LogP contribution >= 0.6 is 0 Å². The van der Waals surface area contributed by atoms with Crippen LogP contribution in [-0.2, 0) is 23.9 Å². The number of ketones is 1. The number of rotatable bonds is 5. The van der Waals surface area contributed by atoms with Crippen molar-refractivity contribution in [1.29, 1.82) is 0 Å². The molecule has 6 rings (SSSR count). The molecule has 5 unspecified atom stereocenters. The smallest absolute Gasteiger partial charge is 0.306 e. The van der Waals surface area contributed by atoms with Crippen LogP contribution in [0.15, 0.2) is 35.4 Å². The molecule has 8 heteroatoms. The average Bonchev–Trinajstić information content (AvgIpc) is 3.33. The number of benzene rings is 1. The molecule has 0 heterocycles. The molecule has 0 bridgehead atoms. The van der Waals surface area contributed by atoms with E-state index in [9.17, 15) is 18.8 Å². The van der Waals surface area contributed by atoms with E-state index in [-0.39, 0.29) is 76.0 Å². The number of allylic oxidation sites excluding steroid dienone is 1. The molecule has 0 aliphatic heterocycles. The van der Waals surface area contributed by atoms with Crippen LogP contribution < -0.4 is 5.32 Å². The Balaban J connectivity index is 0.00000156. The van der Waals surface area contributed by atoms with Crippen molar-refractivity contribution in [1.82, 2.24) is 0 Å². The average molecular weight is 694 g/mol.